The van der Waals surface area contributed by atoms with Crippen molar-refractivity contribution in [3.8, 4) is 0 Å². The van der Waals surface area contributed by atoms with Crippen molar-refractivity contribution in [1.29, 1.82) is 0 Å². The molecular weight excluding hydrogens is 284 g/mol. The van der Waals surface area contributed by atoms with Gasteiger partial charge in [0, 0.05) is 18.2 Å². The Morgan fingerprint density at radius 3 is 2.81 bits per heavy atom. The number of hydrogen-bond donors (Lipinski definition) is 4. The molecule has 0 aliphatic carbocycles. The maximum atomic E-state index is 11.8. The quantitative estimate of drug-likeness (QED) is 0.477. The molecule has 1 saturated heterocycles. The molecule has 1 fully saturated rings. The van der Waals surface area contributed by atoms with E-state index in [-0.39, 0.29) is 18.8 Å². The van der Waals surface area contributed by atoms with Crippen LogP contribution in [0, 0.1) is 5.92 Å². The van der Waals surface area contributed by atoms with E-state index in [9.17, 15) is 19.5 Å². The second-order valence-electron chi connectivity index (χ2n) is 4.58. The molecule has 0 saturated carbocycles. The van der Waals surface area contributed by atoms with Gasteiger partial charge in [-0.05, 0) is 6.08 Å². The lowest BCUT2D eigenvalue weighted by Gasteiger charge is -2.18. The summed E-state index contributed by atoms with van der Waals surface area (Å²) < 4.78 is 6.21. The minimum Gasteiger partial charge on any atom is -0.478 e. The predicted molar refractivity (Wildman–Crippen MR) is 69.6 cm³/mol. The summed E-state index contributed by atoms with van der Waals surface area (Å²) in [7, 11) is 0. The Labute approximate surface area is 117 Å². The average Bonchev–Trinajstić information content (AvgIpc) is 2.78. The fourth-order valence-electron chi connectivity index (χ4n) is 2.03. The van der Waals surface area contributed by atoms with E-state index in [1.807, 2.05) is 4.98 Å². The Hall–Kier alpha value is -2.23. The highest BCUT2D eigenvalue weighted by Gasteiger charge is 2.37. The molecule has 21 heavy (non-hydrogen) atoms. The summed E-state index contributed by atoms with van der Waals surface area (Å²) in [6, 6.07) is 0. The van der Waals surface area contributed by atoms with Gasteiger partial charge in [-0.3, -0.25) is 14.3 Å². The molecule has 1 aliphatic heterocycles. The fraction of sp³-hybridized carbons (Fsp3) is 0.417. The number of carbonyl (C=O) groups is 1. The SMILES string of the molecule is O=C(O)/C=C\c1cn([C@@H]2OC[C@H](CO)[C@@H]2O)c(=O)[nH]c1=O. The molecular formula is C12H14N2O7. The zero-order valence-corrected chi connectivity index (χ0v) is 10.8. The van der Waals surface area contributed by atoms with Gasteiger partial charge in [-0.15, -0.1) is 0 Å². The van der Waals surface area contributed by atoms with Gasteiger partial charge in [-0.2, -0.15) is 0 Å². The molecule has 4 N–H and O–H groups in total. The predicted octanol–water partition coefficient (Wildman–Crippen LogP) is -1.87. The average molecular weight is 298 g/mol. The van der Waals surface area contributed by atoms with Crippen molar-refractivity contribution in [2.24, 2.45) is 5.92 Å². The maximum absolute atomic E-state index is 11.8. The lowest BCUT2D eigenvalue weighted by atomic mass is 10.1. The zero-order chi connectivity index (χ0) is 15.6. The second-order valence-corrected chi connectivity index (χ2v) is 4.58. The van der Waals surface area contributed by atoms with Crippen molar-refractivity contribution >= 4 is 12.0 Å². The van der Waals surface area contributed by atoms with Crippen LogP contribution in [0.1, 0.15) is 11.8 Å². The van der Waals surface area contributed by atoms with Gasteiger partial charge in [0.2, 0.25) is 0 Å². The topological polar surface area (TPSA) is 142 Å². The van der Waals surface area contributed by atoms with E-state index in [0.717, 1.165) is 22.9 Å². The molecule has 9 heteroatoms. The fourth-order valence-corrected chi connectivity index (χ4v) is 2.03. The van der Waals surface area contributed by atoms with Crippen LogP contribution in [0.3, 0.4) is 0 Å². The lowest BCUT2D eigenvalue weighted by Crippen LogP contribution is -2.37. The Kier molecular flexibility index (Phi) is 4.36. The highest BCUT2D eigenvalue weighted by atomic mass is 16.5. The van der Waals surface area contributed by atoms with E-state index in [1.54, 1.807) is 0 Å². The summed E-state index contributed by atoms with van der Waals surface area (Å²) in [5.41, 5.74) is -1.62. The number of H-pyrrole nitrogens is 1. The van der Waals surface area contributed by atoms with Gasteiger partial charge in [0.25, 0.3) is 5.56 Å². The summed E-state index contributed by atoms with van der Waals surface area (Å²) >= 11 is 0. The largest absolute Gasteiger partial charge is 0.478 e. The molecule has 3 atom stereocenters. The number of hydrogen-bond acceptors (Lipinski definition) is 6. The first-order chi connectivity index (χ1) is 9.93. The number of nitrogens with zero attached hydrogens (tertiary/aromatic N) is 1. The van der Waals surface area contributed by atoms with Crippen LogP contribution in [0.5, 0.6) is 0 Å². The molecule has 0 amide bonds. The maximum Gasteiger partial charge on any atom is 0.330 e. The van der Waals surface area contributed by atoms with Gasteiger partial charge >= 0.3 is 11.7 Å². The van der Waals surface area contributed by atoms with Crippen LogP contribution in [0.25, 0.3) is 6.08 Å². The summed E-state index contributed by atoms with van der Waals surface area (Å²) in [6.07, 6.45) is 0.719. The highest BCUT2D eigenvalue weighted by Crippen LogP contribution is 2.27. The van der Waals surface area contributed by atoms with Gasteiger partial charge < -0.3 is 20.1 Å². The minimum atomic E-state index is -1.25. The number of rotatable bonds is 4. The number of aromatic amines is 1. The van der Waals surface area contributed by atoms with Crippen molar-refractivity contribution in [3.05, 3.63) is 38.7 Å². The number of carboxylic acid groups (broad SMARTS) is 1. The molecule has 0 bridgehead atoms. The number of aliphatic hydroxyl groups excluding tert-OH is 2. The normalized spacial score (nSPS) is 25.5. The van der Waals surface area contributed by atoms with E-state index in [1.165, 1.54) is 0 Å². The molecule has 0 aromatic carbocycles. The molecule has 2 heterocycles. The van der Waals surface area contributed by atoms with Crippen molar-refractivity contribution < 1.29 is 24.9 Å². The van der Waals surface area contributed by atoms with E-state index < -0.39 is 35.5 Å². The molecule has 114 valence electrons. The van der Waals surface area contributed by atoms with Crippen LogP contribution in [0.15, 0.2) is 21.9 Å². The third kappa shape index (κ3) is 3.10. The third-order valence-electron chi connectivity index (χ3n) is 3.17. The lowest BCUT2D eigenvalue weighted by molar-refractivity contribution is -0.131. The number of ether oxygens (including phenoxy) is 1. The van der Waals surface area contributed by atoms with Crippen molar-refractivity contribution in [2.75, 3.05) is 13.2 Å². The summed E-state index contributed by atoms with van der Waals surface area (Å²) in [5, 5.41) is 27.6. The third-order valence-corrected chi connectivity index (χ3v) is 3.17. The van der Waals surface area contributed by atoms with Crippen LogP contribution in [0.4, 0.5) is 0 Å². The Bertz CT molecular complexity index is 675. The van der Waals surface area contributed by atoms with Crippen LogP contribution >= 0.6 is 0 Å². The van der Waals surface area contributed by atoms with E-state index >= 15 is 0 Å². The first kappa shape index (κ1) is 15.2. The standard InChI is InChI=1S/C12H14N2O7/c15-4-7-5-21-11(9(7)18)14-3-6(1-2-8(16)17)10(19)13-12(14)20/h1-3,7,9,11,15,18H,4-5H2,(H,16,17)(H,13,19,20)/b2-1-/t7-,9-,11+/m0/s1. The van der Waals surface area contributed by atoms with Gasteiger partial charge in [-0.1, -0.05) is 0 Å². The second kappa shape index (κ2) is 6.04. The number of aliphatic carboxylic acids is 1. The molecule has 0 spiro atoms. The Morgan fingerprint density at radius 2 is 2.24 bits per heavy atom. The molecule has 2 rings (SSSR count). The van der Waals surface area contributed by atoms with E-state index in [0.29, 0.717) is 0 Å². The van der Waals surface area contributed by atoms with Gasteiger partial charge in [-0.25, -0.2) is 9.59 Å². The number of carboxylic acids is 1. The van der Waals surface area contributed by atoms with Gasteiger partial charge in [0.1, 0.15) is 6.10 Å². The van der Waals surface area contributed by atoms with Crippen LogP contribution < -0.4 is 11.2 Å². The molecule has 9 nitrogen and oxygen atoms in total. The summed E-state index contributed by atoms with van der Waals surface area (Å²) in [6.45, 7) is -0.240. The van der Waals surface area contributed by atoms with E-state index in [4.69, 9.17) is 14.9 Å². The molecule has 0 radical (unpaired) electrons. The Balaban J connectivity index is 2.41. The molecule has 1 aliphatic rings. The van der Waals surface area contributed by atoms with E-state index in [2.05, 4.69) is 0 Å². The number of nitrogens with one attached hydrogen (secondary N) is 1. The highest BCUT2D eigenvalue weighted by molar-refractivity contribution is 5.85. The van der Waals surface area contributed by atoms with Crippen LogP contribution in [-0.2, 0) is 9.53 Å². The summed E-state index contributed by atoms with van der Waals surface area (Å²) in [4.78, 5) is 35.8. The van der Waals surface area contributed by atoms with Gasteiger partial charge in [0.05, 0.1) is 18.8 Å². The van der Waals surface area contributed by atoms with Crippen molar-refractivity contribution in [3.63, 3.8) is 0 Å². The Morgan fingerprint density at radius 1 is 1.52 bits per heavy atom. The first-order valence-corrected chi connectivity index (χ1v) is 6.11. The van der Waals surface area contributed by atoms with Gasteiger partial charge in [0.15, 0.2) is 6.23 Å². The molecule has 1 aromatic heterocycles. The van der Waals surface area contributed by atoms with Crippen LogP contribution in [0.2, 0.25) is 0 Å². The van der Waals surface area contributed by atoms with Crippen LogP contribution in [-0.4, -0.2) is 50.2 Å². The first-order valence-electron chi connectivity index (χ1n) is 6.11. The monoisotopic (exact) mass is 298 g/mol. The molecule has 1 aromatic rings. The van der Waals surface area contributed by atoms with Crippen molar-refractivity contribution in [2.45, 2.75) is 12.3 Å². The minimum absolute atomic E-state index is 0.0637. The summed E-state index contributed by atoms with van der Waals surface area (Å²) in [5.74, 6) is -1.78. The smallest absolute Gasteiger partial charge is 0.330 e. The number of aliphatic hydroxyl groups is 2. The van der Waals surface area contributed by atoms with Crippen molar-refractivity contribution in [1.82, 2.24) is 9.55 Å². The number of aromatic nitrogens is 2. The molecule has 0 unspecified atom stereocenters. The zero-order valence-electron chi connectivity index (χ0n) is 10.8.